The van der Waals surface area contributed by atoms with Gasteiger partial charge in [-0.2, -0.15) is 0 Å². The number of carbonyl (C=O) groups is 4. The van der Waals surface area contributed by atoms with Gasteiger partial charge in [0.1, 0.15) is 0 Å². The van der Waals surface area contributed by atoms with Gasteiger partial charge in [-0.15, -0.1) is 0 Å². The number of unbranched alkanes of at least 4 members (excludes halogenated alkanes) is 1. The average Bonchev–Trinajstić information content (AvgIpc) is 2.90. The Kier molecular flexibility index (Phi) is 10.9. The van der Waals surface area contributed by atoms with Gasteiger partial charge in [0.05, 0.1) is 0 Å². The molecule has 0 spiro atoms. The zero-order valence-corrected chi connectivity index (χ0v) is 23.0. The molecular formula is C26H37AsFN3O5. The molecule has 2 aliphatic rings. The SMILES string of the molecule is CCCC[C@H](NC(=O)C1(NC(=O)N2CCOCC2)CCCCC1)C(=O)C(=O)[AsH]Cc1cccc(F)c1. The molecule has 2 fully saturated rings. The molecule has 1 saturated heterocycles. The fourth-order valence-electron chi connectivity index (χ4n) is 4.66. The van der Waals surface area contributed by atoms with Crippen molar-refractivity contribution in [1.82, 2.24) is 15.5 Å². The summed E-state index contributed by atoms with van der Waals surface area (Å²) >= 11 is -1.35. The summed E-state index contributed by atoms with van der Waals surface area (Å²) in [5, 5.41) is 6.20. The maximum absolute atomic E-state index is 13.6. The van der Waals surface area contributed by atoms with Crippen molar-refractivity contribution in [2.45, 2.75) is 75.1 Å². The fraction of sp³-hybridized carbons (Fsp3) is 0.615. The summed E-state index contributed by atoms with van der Waals surface area (Å²) in [6, 6.07) is 4.82. The molecule has 0 bridgehead atoms. The Morgan fingerprint density at radius 2 is 1.86 bits per heavy atom. The van der Waals surface area contributed by atoms with Crippen molar-refractivity contribution in [2.24, 2.45) is 0 Å². The first-order valence-electron chi connectivity index (χ1n) is 12.9. The second-order valence-electron chi connectivity index (χ2n) is 9.52. The van der Waals surface area contributed by atoms with E-state index in [2.05, 4.69) is 10.6 Å². The van der Waals surface area contributed by atoms with E-state index < -0.39 is 43.6 Å². The van der Waals surface area contributed by atoms with E-state index in [0.29, 0.717) is 62.8 Å². The van der Waals surface area contributed by atoms with E-state index in [1.165, 1.54) is 12.1 Å². The second-order valence-corrected chi connectivity index (χ2v) is 12.0. The normalized spacial score (nSPS) is 18.6. The number of urea groups is 1. The summed E-state index contributed by atoms with van der Waals surface area (Å²) in [4.78, 5) is 54.1. The van der Waals surface area contributed by atoms with Gasteiger partial charge in [0.15, 0.2) is 0 Å². The van der Waals surface area contributed by atoms with Crippen LogP contribution in [-0.2, 0) is 24.3 Å². The number of nitrogens with one attached hydrogen (secondary N) is 2. The summed E-state index contributed by atoms with van der Waals surface area (Å²) in [6.07, 6.45) is 5.41. The zero-order chi connectivity index (χ0) is 26.0. The van der Waals surface area contributed by atoms with E-state index >= 15 is 0 Å². The number of hydrogen-bond acceptors (Lipinski definition) is 5. The molecule has 1 heterocycles. The Morgan fingerprint density at radius 1 is 1.14 bits per heavy atom. The van der Waals surface area contributed by atoms with Crippen LogP contribution in [-0.4, -0.2) is 80.8 Å². The van der Waals surface area contributed by atoms with Crippen molar-refractivity contribution < 1.29 is 28.3 Å². The van der Waals surface area contributed by atoms with Crippen LogP contribution in [0.5, 0.6) is 0 Å². The number of carbonyl (C=O) groups excluding carboxylic acids is 4. The summed E-state index contributed by atoms with van der Waals surface area (Å²) in [7, 11) is 0. The van der Waals surface area contributed by atoms with Gasteiger partial charge in [0.25, 0.3) is 0 Å². The molecule has 3 amide bonds. The number of ether oxygens (including phenoxy) is 1. The number of nitrogens with zero attached hydrogens (tertiary/aromatic N) is 1. The average molecular weight is 566 g/mol. The summed E-state index contributed by atoms with van der Waals surface area (Å²) in [5.41, 5.74) is -0.406. The molecule has 1 saturated carbocycles. The van der Waals surface area contributed by atoms with Gasteiger partial charge in [-0.05, 0) is 0 Å². The van der Waals surface area contributed by atoms with Crippen LogP contribution in [0.3, 0.4) is 0 Å². The number of hydrogen-bond donors (Lipinski definition) is 2. The fourth-order valence-corrected chi connectivity index (χ4v) is 6.62. The van der Waals surface area contributed by atoms with E-state index in [1.807, 2.05) is 6.92 Å². The van der Waals surface area contributed by atoms with Crippen LogP contribution in [0.4, 0.5) is 9.18 Å². The van der Waals surface area contributed by atoms with Gasteiger partial charge < -0.3 is 0 Å². The van der Waals surface area contributed by atoms with Crippen LogP contribution in [0.2, 0.25) is 0 Å². The number of ketones is 1. The Bertz CT molecular complexity index is 932. The van der Waals surface area contributed by atoms with Crippen molar-refractivity contribution in [3.63, 3.8) is 0 Å². The van der Waals surface area contributed by atoms with Crippen LogP contribution >= 0.6 is 0 Å². The van der Waals surface area contributed by atoms with E-state index in [4.69, 9.17) is 4.74 Å². The first-order chi connectivity index (χ1) is 17.3. The van der Waals surface area contributed by atoms with Crippen molar-refractivity contribution in [3.8, 4) is 0 Å². The number of halogens is 1. The van der Waals surface area contributed by atoms with E-state index in [1.54, 1.807) is 17.0 Å². The number of amides is 3. The third-order valence-electron chi connectivity index (χ3n) is 6.82. The molecule has 0 aromatic heterocycles. The molecule has 1 aromatic rings. The van der Waals surface area contributed by atoms with Crippen molar-refractivity contribution in [3.05, 3.63) is 35.6 Å². The van der Waals surface area contributed by atoms with Crippen molar-refractivity contribution in [2.75, 3.05) is 26.3 Å². The number of benzene rings is 1. The molecular weight excluding hydrogens is 528 g/mol. The first kappa shape index (κ1) is 28.3. The summed E-state index contributed by atoms with van der Waals surface area (Å²) < 4.78 is 18.3. The zero-order valence-electron chi connectivity index (χ0n) is 20.9. The van der Waals surface area contributed by atoms with E-state index in [0.717, 1.165) is 25.7 Å². The van der Waals surface area contributed by atoms with Crippen LogP contribution in [0.1, 0.15) is 63.9 Å². The standard InChI is InChI=1S/C26H37AsFN3O5/c1-2-3-10-21(22(32)23(33)27-18-19-8-7-9-20(28)17-19)29-24(34)26(11-5-4-6-12-26)30-25(35)31-13-15-36-16-14-31/h7-9,17,21,27H,2-6,10-16,18H2,1H3,(H,29,34)(H,30,35)/t21-/m0/s1. The molecule has 1 aliphatic carbocycles. The first-order valence-corrected chi connectivity index (χ1v) is 15.4. The van der Waals surface area contributed by atoms with Gasteiger partial charge >= 0.3 is 219 Å². The van der Waals surface area contributed by atoms with Gasteiger partial charge in [0.2, 0.25) is 0 Å². The molecule has 10 heteroatoms. The minimum atomic E-state index is -1.35. The van der Waals surface area contributed by atoms with Crippen LogP contribution in [0.15, 0.2) is 24.3 Å². The second kappa shape index (κ2) is 13.9. The minimum absolute atomic E-state index is 0.301. The third-order valence-corrected chi connectivity index (χ3v) is 9.24. The quantitative estimate of drug-likeness (QED) is 0.317. The summed E-state index contributed by atoms with van der Waals surface area (Å²) in [6.45, 7) is 3.83. The van der Waals surface area contributed by atoms with Gasteiger partial charge in [-0.1, -0.05) is 0 Å². The molecule has 2 N–H and O–H groups in total. The van der Waals surface area contributed by atoms with E-state index in [9.17, 15) is 23.6 Å². The molecule has 198 valence electrons. The van der Waals surface area contributed by atoms with Crippen LogP contribution in [0.25, 0.3) is 0 Å². The predicted molar refractivity (Wildman–Crippen MR) is 135 cm³/mol. The molecule has 1 aromatic carbocycles. The number of Topliss-reactive ketones (excluding diaryl/α,β-unsaturated/α-hetero) is 1. The molecule has 2 atom stereocenters. The van der Waals surface area contributed by atoms with Crippen molar-refractivity contribution >= 4 is 38.0 Å². The maximum atomic E-state index is 13.6. The van der Waals surface area contributed by atoms with Crippen LogP contribution in [0, 0.1) is 5.82 Å². The topological polar surface area (TPSA) is 105 Å². The van der Waals surface area contributed by atoms with Crippen molar-refractivity contribution in [1.29, 1.82) is 0 Å². The monoisotopic (exact) mass is 565 g/mol. The molecule has 36 heavy (non-hydrogen) atoms. The van der Waals surface area contributed by atoms with Crippen LogP contribution < -0.4 is 10.6 Å². The van der Waals surface area contributed by atoms with Gasteiger partial charge in [0, 0.05) is 0 Å². The molecule has 3 rings (SSSR count). The Balaban J connectivity index is 1.68. The molecule has 1 unspecified atom stereocenters. The Labute approximate surface area is 218 Å². The predicted octanol–water partition coefficient (Wildman–Crippen LogP) is 2.28. The van der Waals surface area contributed by atoms with Gasteiger partial charge in [-0.25, -0.2) is 0 Å². The summed E-state index contributed by atoms with van der Waals surface area (Å²) in [5.74, 6) is -1.35. The third kappa shape index (κ3) is 7.87. The number of rotatable bonds is 11. The Hall–Kier alpha value is -2.25. The molecule has 0 radical (unpaired) electrons. The molecule has 8 nitrogen and oxygen atoms in total. The van der Waals surface area contributed by atoms with E-state index in [-0.39, 0.29) is 11.8 Å². The number of morpholine rings is 1. The van der Waals surface area contributed by atoms with Gasteiger partial charge in [-0.3, -0.25) is 0 Å². The Morgan fingerprint density at radius 3 is 2.53 bits per heavy atom. The molecule has 1 aliphatic heterocycles.